The van der Waals surface area contributed by atoms with Gasteiger partial charge in [-0.3, -0.25) is 4.57 Å². The second-order valence-electron chi connectivity index (χ2n) is 1.62. The summed E-state index contributed by atoms with van der Waals surface area (Å²) >= 11 is 0. The highest BCUT2D eigenvalue weighted by Crippen LogP contribution is 2.05. The Hall–Kier alpha value is -0.730. The monoisotopic (exact) mass is 162 g/mol. The largest absolute Gasteiger partial charge is 0.421 e. The van der Waals surface area contributed by atoms with Crippen LogP contribution in [-0.2, 0) is 14.1 Å². The average molecular weight is 162 g/mol. The molecule has 1 unspecified atom stereocenters. The molecule has 1 atom stereocenters. The number of esters is 1. The minimum atomic E-state index is -1.58. The molecule has 0 amide bonds. The summed E-state index contributed by atoms with van der Waals surface area (Å²) in [7, 11) is -0.635. The molecule has 0 saturated heterocycles. The number of carbonyl (C=O) groups is 1. The summed E-state index contributed by atoms with van der Waals surface area (Å²) in [6.45, 7) is 4.68. The van der Waals surface area contributed by atoms with Gasteiger partial charge in [0, 0.05) is 5.57 Å². The van der Waals surface area contributed by atoms with Crippen LogP contribution < -0.4 is 0 Å². The van der Waals surface area contributed by atoms with E-state index in [-0.39, 0.29) is 5.57 Å². The Labute approximate surface area is 59.7 Å². The molecule has 0 heterocycles. The molecule has 0 aliphatic heterocycles. The predicted octanol–water partition coefficient (Wildman–Crippen LogP) is 0.673. The SMILES string of the molecule is C=C(C)C(=O)OC(O)P=O. The molecular weight excluding hydrogens is 155 g/mol. The first-order valence-corrected chi connectivity index (χ1v) is 3.33. The molecule has 0 aromatic carbocycles. The Morgan fingerprint density at radius 3 is 2.60 bits per heavy atom. The zero-order valence-electron chi connectivity index (χ0n) is 5.40. The van der Waals surface area contributed by atoms with Gasteiger partial charge in [-0.2, -0.15) is 0 Å². The fourth-order valence-electron chi connectivity index (χ4n) is 0.218. The first-order chi connectivity index (χ1) is 4.57. The first-order valence-electron chi connectivity index (χ1n) is 2.45. The third kappa shape index (κ3) is 3.33. The molecule has 0 fully saturated rings. The molecule has 56 valence electrons. The second kappa shape index (κ2) is 4.14. The summed E-state index contributed by atoms with van der Waals surface area (Å²) in [4.78, 5) is 10.5. The van der Waals surface area contributed by atoms with Crippen LogP contribution in [0, 0.1) is 0 Å². The van der Waals surface area contributed by atoms with Crippen LogP contribution in [0.3, 0.4) is 0 Å². The molecule has 4 nitrogen and oxygen atoms in total. The number of aliphatic hydroxyl groups is 1. The molecular formula is C5H7O4P. The van der Waals surface area contributed by atoms with E-state index in [1.54, 1.807) is 0 Å². The third-order valence-electron chi connectivity index (χ3n) is 0.651. The molecule has 10 heavy (non-hydrogen) atoms. The van der Waals surface area contributed by atoms with Gasteiger partial charge in [0.1, 0.15) is 0 Å². The molecule has 0 aliphatic rings. The van der Waals surface area contributed by atoms with Crippen molar-refractivity contribution in [2.75, 3.05) is 0 Å². The van der Waals surface area contributed by atoms with Crippen LogP contribution in [0.5, 0.6) is 0 Å². The van der Waals surface area contributed by atoms with Crippen molar-refractivity contribution in [1.29, 1.82) is 0 Å². The summed E-state index contributed by atoms with van der Waals surface area (Å²) in [5.74, 6) is -0.754. The van der Waals surface area contributed by atoms with Crippen molar-refractivity contribution in [2.45, 2.75) is 13.0 Å². The van der Waals surface area contributed by atoms with Crippen LogP contribution in [0.4, 0.5) is 0 Å². The highest BCUT2D eigenvalue weighted by atomic mass is 31.1. The van der Waals surface area contributed by atoms with Gasteiger partial charge in [0.15, 0.2) is 0 Å². The maximum Gasteiger partial charge on any atom is 0.336 e. The van der Waals surface area contributed by atoms with Gasteiger partial charge in [-0.25, -0.2) is 4.79 Å². The number of hydrogen-bond donors (Lipinski definition) is 1. The Bertz CT molecular complexity index is 165. The summed E-state index contributed by atoms with van der Waals surface area (Å²) in [6.07, 6.45) is 0. The highest BCUT2D eigenvalue weighted by molar-refractivity contribution is 7.24. The fraction of sp³-hybridized carbons (Fsp3) is 0.400. The molecule has 0 spiro atoms. The van der Waals surface area contributed by atoms with E-state index in [4.69, 9.17) is 5.11 Å². The van der Waals surface area contributed by atoms with Crippen molar-refractivity contribution >= 4 is 14.4 Å². The minimum absolute atomic E-state index is 0.155. The Kier molecular flexibility index (Phi) is 3.84. The van der Waals surface area contributed by atoms with Gasteiger partial charge in [-0.1, -0.05) is 6.58 Å². The van der Waals surface area contributed by atoms with Crippen molar-refractivity contribution in [3.63, 3.8) is 0 Å². The number of hydrogen-bond acceptors (Lipinski definition) is 4. The average Bonchev–Trinajstić information content (AvgIpc) is 1.87. The highest BCUT2D eigenvalue weighted by Gasteiger charge is 2.09. The normalized spacial score (nSPS) is 12.6. The van der Waals surface area contributed by atoms with Crippen molar-refractivity contribution in [2.24, 2.45) is 0 Å². The van der Waals surface area contributed by atoms with Crippen molar-refractivity contribution < 1.29 is 19.2 Å². The van der Waals surface area contributed by atoms with Crippen molar-refractivity contribution in [1.82, 2.24) is 0 Å². The number of carbonyl (C=O) groups excluding carboxylic acids is 1. The molecule has 0 rings (SSSR count). The smallest absolute Gasteiger partial charge is 0.336 e. The zero-order valence-corrected chi connectivity index (χ0v) is 6.30. The lowest BCUT2D eigenvalue weighted by molar-refractivity contribution is -0.151. The van der Waals surface area contributed by atoms with Gasteiger partial charge >= 0.3 is 5.97 Å². The van der Waals surface area contributed by atoms with Gasteiger partial charge in [0.05, 0.1) is 0 Å². The number of ether oxygens (including phenoxy) is 1. The van der Waals surface area contributed by atoms with Crippen molar-refractivity contribution in [3.05, 3.63) is 12.2 Å². The number of rotatable bonds is 3. The molecule has 0 aromatic heterocycles. The van der Waals surface area contributed by atoms with E-state index in [0.717, 1.165) is 0 Å². The van der Waals surface area contributed by atoms with Gasteiger partial charge in [-0.15, -0.1) is 0 Å². The summed E-state index contributed by atoms with van der Waals surface area (Å²) in [6, 6.07) is -1.58. The van der Waals surface area contributed by atoms with Gasteiger partial charge < -0.3 is 9.84 Å². The van der Waals surface area contributed by atoms with E-state index in [9.17, 15) is 9.36 Å². The Morgan fingerprint density at radius 2 is 2.30 bits per heavy atom. The lowest BCUT2D eigenvalue weighted by atomic mass is 10.4. The quantitative estimate of drug-likeness (QED) is 0.286. The van der Waals surface area contributed by atoms with Gasteiger partial charge in [0.25, 0.3) is 6.03 Å². The van der Waals surface area contributed by atoms with Gasteiger partial charge in [0.2, 0.25) is 8.46 Å². The van der Waals surface area contributed by atoms with E-state index in [2.05, 4.69) is 11.3 Å². The maximum absolute atomic E-state index is 10.5. The maximum atomic E-state index is 10.5. The van der Waals surface area contributed by atoms with Crippen LogP contribution in [0.2, 0.25) is 0 Å². The number of aliphatic hydroxyl groups excluding tert-OH is 1. The topological polar surface area (TPSA) is 63.6 Å². The van der Waals surface area contributed by atoms with E-state index in [1.807, 2.05) is 0 Å². The van der Waals surface area contributed by atoms with E-state index in [1.165, 1.54) is 6.92 Å². The fourth-order valence-corrected chi connectivity index (χ4v) is 0.357. The third-order valence-corrected chi connectivity index (χ3v) is 0.937. The summed E-state index contributed by atoms with van der Waals surface area (Å²) in [5, 5.41) is 8.47. The zero-order chi connectivity index (χ0) is 8.15. The van der Waals surface area contributed by atoms with Crippen LogP contribution in [0.25, 0.3) is 0 Å². The second-order valence-corrected chi connectivity index (χ2v) is 2.27. The molecule has 1 N–H and O–H groups in total. The van der Waals surface area contributed by atoms with Gasteiger partial charge in [-0.05, 0) is 6.92 Å². The molecule has 0 bridgehead atoms. The van der Waals surface area contributed by atoms with E-state index in [0.29, 0.717) is 0 Å². The lowest BCUT2D eigenvalue weighted by Crippen LogP contribution is -2.11. The minimum Gasteiger partial charge on any atom is -0.421 e. The van der Waals surface area contributed by atoms with Crippen LogP contribution in [-0.4, -0.2) is 17.1 Å². The molecule has 0 radical (unpaired) electrons. The van der Waals surface area contributed by atoms with E-state index >= 15 is 0 Å². The Balaban J connectivity index is 3.79. The molecule has 0 saturated carbocycles. The predicted molar refractivity (Wildman–Crippen MR) is 34.5 cm³/mol. The summed E-state index contributed by atoms with van der Waals surface area (Å²) < 4.78 is 14.0. The first kappa shape index (κ1) is 9.27. The molecule has 5 heteroatoms. The van der Waals surface area contributed by atoms with Crippen LogP contribution in [0.1, 0.15) is 6.92 Å². The standard InChI is InChI=1S/C5H7O4P/c1-3(2)4(6)9-5(7)10-8/h5,7H,1H2,2H3. The Morgan fingerprint density at radius 1 is 1.80 bits per heavy atom. The van der Waals surface area contributed by atoms with E-state index < -0.39 is 20.5 Å². The van der Waals surface area contributed by atoms with Crippen LogP contribution in [0.15, 0.2) is 12.2 Å². The lowest BCUT2D eigenvalue weighted by Gasteiger charge is -2.02. The summed E-state index contributed by atoms with van der Waals surface area (Å²) in [5.41, 5.74) is 0.155. The molecule has 0 aliphatic carbocycles. The molecule has 0 aromatic rings. The van der Waals surface area contributed by atoms with Crippen molar-refractivity contribution in [3.8, 4) is 0 Å². The van der Waals surface area contributed by atoms with Crippen LogP contribution >= 0.6 is 8.46 Å².